The zero-order valence-electron chi connectivity index (χ0n) is 18.7. The van der Waals surface area contributed by atoms with Crippen molar-refractivity contribution in [3.05, 3.63) is 110 Å². The molecule has 1 unspecified atom stereocenters. The van der Waals surface area contributed by atoms with Crippen LogP contribution < -0.4 is 11.0 Å². The quantitative estimate of drug-likeness (QED) is 0.356. The maximum atomic E-state index is 14.4. The van der Waals surface area contributed by atoms with E-state index in [0.29, 0.717) is 10.6 Å². The van der Waals surface area contributed by atoms with E-state index in [0.717, 1.165) is 4.68 Å². The van der Waals surface area contributed by atoms with E-state index in [2.05, 4.69) is 10.4 Å². The molecule has 0 radical (unpaired) electrons. The lowest BCUT2D eigenvalue weighted by Gasteiger charge is -2.17. The first kappa shape index (κ1) is 25.6. The highest BCUT2D eigenvalue weighted by Gasteiger charge is 2.22. The second kappa shape index (κ2) is 11.0. The van der Waals surface area contributed by atoms with Gasteiger partial charge in [-0.3, -0.25) is 9.36 Å². The summed E-state index contributed by atoms with van der Waals surface area (Å²) in [4.78, 5) is 26.0. The van der Waals surface area contributed by atoms with E-state index in [9.17, 15) is 23.5 Å². The van der Waals surface area contributed by atoms with Gasteiger partial charge in [0.1, 0.15) is 18.2 Å². The number of carbonyl (C=O) groups excluding carboxylic acids is 1. The van der Waals surface area contributed by atoms with Gasteiger partial charge in [0.15, 0.2) is 5.82 Å². The van der Waals surface area contributed by atoms with Crippen LogP contribution in [-0.4, -0.2) is 32.0 Å². The Morgan fingerprint density at radius 1 is 1.03 bits per heavy atom. The molecule has 1 atom stereocenters. The minimum atomic E-state index is -1.09. The second-order valence-corrected chi connectivity index (χ2v) is 8.74. The van der Waals surface area contributed by atoms with Crippen molar-refractivity contribution >= 4 is 29.1 Å². The maximum absolute atomic E-state index is 14.4. The number of rotatable bonds is 8. The molecule has 0 aliphatic rings. The summed E-state index contributed by atoms with van der Waals surface area (Å²) in [5.41, 5.74) is 0.127. The van der Waals surface area contributed by atoms with Crippen LogP contribution in [0.15, 0.2) is 71.5 Å². The fraction of sp³-hybridized carbons (Fsp3) is 0.160. The molecule has 7 nitrogen and oxygen atoms in total. The Balaban J connectivity index is 1.65. The van der Waals surface area contributed by atoms with E-state index in [1.807, 2.05) is 0 Å². The molecular formula is C25H20Cl2F2N4O3. The van der Waals surface area contributed by atoms with Gasteiger partial charge in [0, 0.05) is 21.7 Å². The molecule has 0 fully saturated rings. The topological polar surface area (TPSA) is 89.2 Å². The number of amides is 1. The fourth-order valence-corrected chi connectivity index (χ4v) is 3.99. The number of halogens is 4. The summed E-state index contributed by atoms with van der Waals surface area (Å²) in [6, 6.07) is 15.7. The molecule has 0 saturated carbocycles. The van der Waals surface area contributed by atoms with Crippen LogP contribution in [0.3, 0.4) is 0 Å². The molecule has 4 aromatic rings. The summed E-state index contributed by atoms with van der Waals surface area (Å²) in [6.45, 7) is -1.25. The van der Waals surface area contributed by atoms with Gasteiger partial charge in [0.05, 0.1) is 24.2 Å². The van der Waals surface area contributed by atoms with Crippen LogP contribution in [0.2, 0.25) is 10.0 Å². The number of carbonyl (C=O) groups is 1. The number of nitrogens with zero attached hydrogens (tertiary/aromatic N) is 3. The number of aliphatic hydroxyl groups is 1. The van der Waals surface area contributed by atoms with Crippen LogP contribution in [0.1, 0.15) is 17.2 Å². The summed E-state index contributed by atoms with van der Waals surface area (Å²) in [5.74, 6) is -1.76. The van der Waals surface area contributed by atoms with E-state index in [-0.39, 0.29) is 28.5 Å². The third kappa shape index (κ3) is 5.48. The Hall–Kier alpha value is -3.53. The first-order valence-corrected chi connectivity index (χ1v) is 11.5. The fourth-order valence-electron chi connectivity index (χ4n) is 3.68. The van der Waals surface area contributed by atoms with Gasteiger partial charge in [-0.25, -0.2) is 18.3 Å². The molecule has 0 aliphatic heterocycles. The Bertz CT molecular complexity index is 1450. The molecule has 0 spiro atoms. The second-order valence-electron chi connectivity index (χ2n) is 7.89. The molecule has 0 bridgehead atoms. The maximum Gasteiger partial charge on any atom is 0.347 e. The average molecular weight is 533 g/mol. The zero-order chi connectivity index (χ0) is 25.8. The van der Waals surface area contributed by atoms with Gasteiger partial charge in [0.25, 0.3) is 0 Å². The van der Waals surface area contributed by atoms with Crippen molar-refractivity contribution in [1.29, 1.82) is 0 Å². The van der Waals surface area contributed by atoms with Crippen LogP contribution in [-0.2, 0) is 17.9 Å². The van der Waals surface area contributed by atoms with Gasteiger partial charge in [0.2, 0.25) is 5.91 Å². The Labute approximate surface area is 214 Å². The summed E-state index contributed by atoms with van der Waals surface area (Å²) in [5, 5.41) is 16.8. The SMILES string of the molecule is O=C(Cn1nc(-c2ccc(Cl)cc2)n(Cc2ccccc2F)c1=O)NC(CO)c1cccc(Cl)c1F. The van der Waals surface area contributed by atoms with Gasteiger partial charge in [-0.1, -0.05) is 53.5 Å². The summed E-state index contributed by atoms with van der Waals surface area (Å²) >= 11 is 11.8. The van der Waals surface area contributed by atoms with Gasteiger partial charge >= 0.3 is 5.69 Å². The molecule has 11 heteroatoms. The number of nitrogens with one attached hydrogen (secondary N) is 1. The van der Waals surface area contributed by atoms with Gasteiger partial charge < -0.3 is 10.4 Å². The van der Waals surface area contributed by atoms with E-state index >= 15 is 0 Å². The van der Waals surface area contributed by atoms with Crippen molar-refractivity contribution in [2.24, 2.45) is 0 Å². The molecule has 1 heterocycles. The number of hydrogen-bond donors (Lipinski definition) is 2. The Kier molecular flexibility index (Phi) is 7.83. The third-order valence-corrected chi connectivity index (χ3v) is 6.02. The number of aromatic nitrogens is 3. The molecule has 4 rings (SSSR count). The normalized spacial score (nSPS) is 11.9. The first-order chi connectivity index (χ1) is 17.3. The van der Waals surface area contributed by atoms with Crippen molar-refractivity contribution in [3.63, 3.8) is 0 Å². The lowest BCUT2D eigenvalue weighted by molar-refractivity contribution is -0.123. The minimum Gasteiger partial charge on any atom is -0.394 e. The molecule has 36 heavy (non-hydrogen) atoms. The highest BCUT2D eigenvalue weighted by atomic mass is 35.5. The van der Waals surface area contributed by atoms with E-state index in [4.69, 9.17) is 23.2 Å². The monoisotopic (exact) mass is 532 g/mol. The number of hydrogen-bond acceptors (Lipinski definition) is 4. The van der Waals surface area contributed by atoms with Crippen molar-refractivity contribution in [2.75, 3.05) is 6.61 Å². The van der Waals surface area contributed by atoms with Gasteiger partial charge in [-0.15, -0.1) is 5.10 Å². The summed E-state index contributed by atoms with van der Waals surface area (Å²) < 4.78 is 30.9. The largest absolute Gasteiger partial charge is 0.394 e. The van der Waals surface area contributed by atoms with Gasteiger partial charge in [-0.05, 0) is 36.4 Å². The smallest absolute Gasteiger partial charge is 0.347 e. The van der Waals surface area contributed by atoms with Crippen LogP contribution in [0.25, 0.3) is 11.4 Å². The Morgan fingerprint density at radius 3 is 2.44 bits per heavy atom. The van der Waals surface area contributed by atoms with E-state index in [1.165, 1.54) is 34.9 Å². The molecule has 0 saturated heterocycles. The summed E-state index contributed by atoms with van der Waals surface area (Å²) in [7, 11) is 0. The molecule has 2 N–H and O–H groups in total. The lowest BCUT2D eigenvalue weighted by atomic mass is 10.1. The van der Waals surface area contributed by atoms with Crippen molar-refractivity contribution in [3.8, 4) is 11.4 Å². The lowest BCUT2D eigenvalue weighted by Crippen LogP contribution is -2.37. The van der Waals surface area contributed by atoms with E-state index in [1.54, 1.807) is 36.4 Å². The highest BCUT2D eigenvalue weighted by Crippen LogP contribution is 2.24. The van der Waals surface area contributed by atoms with Crippen molar-refractivity contribution in [1.82, 2.24) is 19.7 Å². The van der Waals surface area contributed by atoms with Crippen molar-refractivity contribution in [2.45, 2.75) is 19.1 Å². The zero-order valence-corrected chi connectivity index (χ0v) is 20.2. The standard InChI is InChI=1S/C25H20Cl2F2N4O3/c26-17-10-8-15(9-11-17)24-31-33(25(36)32(24)12-16-4-1-2-7-20(16)28)13-22(35)30-21(14-34)18-5-3-6-19(27)23(18)29/h1-11,21,34H,12-14H2,(H,30,35). The molecule has 186 valence electrons. The Morgan fingerprint density at radius 2 is 1.75 bits per heavy atom. The number of benzene rings is 3. The van der Waals surface area contributed by atoms with Crippen LogP contribution in [0.4, 0.5) is 8.78 Å². The highest BCUT2D eigenvalue weighted by molar-refractivity contribution is 6.31. The first-order valence-electron chi connectivity index (χ1n) is 10.8. The molecular weight excluding hydrogens is 513 g/mol. The number of aliphatic hydroxyl groups excluding tert-OH is 1. The van der Waals surface area contributed by atoms with E-state index < -0.39 is 42.4 Å². The third-order valence-electron chi connectivity index (χ3n) is 5.48. The van der Waals surface area contributed by atoms with Crippen molar-refractivity contribution < 1.29 is 18.7 Å². The molecule has 1 amide bonds. The molecule has 0 aliphatic carbocycles. The predicted octanol–water partition coefficient (Wildman–Crippen LogP) is 4.19. The van der Waals surface area contributed by atoms with Gasteiger partial charge in [-0.2, -0.15) is 0 Å². The van der Waals surface area contributed by atoms with Crippen LogP contribution in [0, 0.1) is 11.6 Å². The summed E-state index contributed by atoms with van der Waals surface area (Å²) in [6.07, 6.45) is 0. The molecule has 1 aromatic heterocycles. The average Bonchev–Trinajstić information content (AvgIpc) is 3.16. The predicted molar refractivity (Wildman–Crippen MR) is 132 cm³/mol. The van der Waals surface area contributed by atoms with Crippen LogP contribution in [0.5, 0.6) is 0 Å². The molecule has 3 aromatic carbocycles. The minimum absolute atomic E-state index is 0.00219. The van der Waals surface area contributed by atoms with Crippen LogP contribution >= 0.6 is 23.2 Å².